The molecule has 0 bridgehead atoms. The van der Waals surface area contributed by atoms with Crippen molar-refractivity contribution >= 4 is 40.9 Å². The summed E-state index contributed by atoms with van der Waals surface area (Å²) in [5.74, 6) is -0.106. The number of benzene rings is 2. The van der Waals surface area contributed by atoms with E-state index in [0.717, 1.165) is 11.3 Å². The molecular formula is C19H18Cl2N2O3. The lowest BCUT2D eigenvalue weighted by Crippen LogP contribution is -2.34. The highest BCUT2D eigenvalue weighted by Gasteiger charge is 2.32. The molecule has 2 amide bonds. The Labute approximate surface area is 161 Å². The molecule has 0 aliphatic carbocycles. The fourth-order valence-electron chi connectivity index (χ4n) is 2.72. The first-order valence-electron chi connectivity index (χ1n) is 8.27. The second-order valence-corrected chi connectivity index (χ2v) is 6.82. The predicted molar refractivity (Wildman–Crippen MR) is 102 cm³/mol. The van der Waals surface area contributed by atoms with Crippen molar-refractivity contribution in [1.29, 1.82) is 0 Å². The van der Waals surface area contributed by atoms with E-state index in [9.17, 15) is 9.59 Å². The minimum Gasteiger partial charge on any atom is -0.442 e. The normalized spacial score (nSPS) is 16.5. The zero-order valence-corrected chi connectivity index (χ0v) is 15.5. The van der Waals surface area contributed by atoms with Gasteiger partial charge in [0.1, 0.15) is 6.10 Å². The molecule has 1 fully saturated rings. The van der Waals surface area contributed by atoms with Crippen molar-refractivity contribution in [3.8, 4) is 0 Å². The lowest BCUT2D eigenvalue weighted by atomic mass is 10.1. The third-order valence-electron chi connectivity index (χ3n) is 4.09. The van der Waals surface area contributed by atoms with Crippen LogP contribution in [0.15, 0.2) is 48.5 Å². The van der Waals surface area contributed by atoms with Gasteiger partial charge in [0, 0.05) is 12.1 Å². The summed E-state index contributed by atoms with van der Waals surface area (Å²) < 4.78 is 5.31. The quantitative estimate of drug-likeness (QED) is 0.805. The van der Waals surface area contributed by atoms with Crippen molar-refractivity contribution in [2.75, 3.05) is 18.0 Å². The number of halogens is 2. The minimum absolute atomic E-state index is 0.106. The molecule has 2 aromatic carbocycles. The molecule has 1 N–H and O–H groups in total. The Morgan fingerprint density at radius 1 is 1.15 bits per heavy atom. The molecule has 1 atom stereocenters. The fraction of sp³-hybridized carbons (Fsp3) is 0.263. The standard InChI is InChI=1S/C19H18Cl2N2O3/c20-16-8-6-13(10-17(16)21)7-9-18(24)22-11-15-12-23(19(25)26-15)14-4-2-1-3-5-14/h1-6,8,10,15H,7,9,11-12H2,(H,22,24). The van der Waals surface area contributed by atoms with E-state index >= 15 is 0 Å². The topological polar surface area (TPSA) is 58.6 Å². The lowest BCUT2D eigenvalue weighted by molar-refractivity contribution is -0.121. The van der Waals surface area contributed by atoms with Gasteiger partial charge in [0.15, 0.2) is 0 Å². The van der Waals surface area contributed by atoms with E-state index in [0.29, 0.717) is 29.4 Å². The van der Waals surface area contributed by atoms with E-state index in [2.05, 4.69) is 5.32 Å². The Bertz CT molecular complexity index is 799. The number of nitrogens with one attached hydrogen (secondary N) is 1. The van der Waals surface area contributed by atoms with E-state index in [1.807, 2.05) is 36.4 Å². The zero-order valence-electron chi connectivity index (χ0n) is 14.0. The molecule has 1 unspecified atom stereocenters. The number of cyclic esters (lactones) is 1. The second kappa shape index (κ2) is 8.43. The van der Waals surface area contributed by atoms with Crippen molar-refractivity contribution in [1.82, 2.24) is 5.32 Å². The number of rotatable bonds is 6. The highest BCUT2D eigenvalue weighted by molar-refractivity contribution is 6.42. The largest absolute Gasteiger partial charge is 0.442 e. The van der Waals surface area contributed by atoms with Crippen molar-refractivity contribution < 1.29 is 14.3 Å². The summed E-state index contributed by atoms with van der Waals surface area (Å²) in [6.07, 6.45) is 0.118. The number of ether oxygens (including phenoxy) is 1. The third-order valence-corrected chi connectivity index (χ3v) is 4.83. The Balaban J connectivity index is 1.45. The number of aryl methyl sites for hydroxylation is 1. The predicted octanol–water partition coefficient (Wildman–Crippen LogP) is 4.07. The Morgan fingerprint density at radius 2 is 1.92 bits per heavy atom. The summed E-state index contributed by atoms with van der Waals surface area (Å²) >= 11 is 11.8. The summed E-state index contributed by atoms with van der Waals surface area (Å²) in [7, 11) is 0. The molecule has 0 spiro atoms. The number of nitrogens with zero attached hydrogens (tertiary/aromatic N) is 1. The average molecular weight is 393 g/mol. The smallest absolute Gasteiger partial charge is 0.414 e. The average Bonchev–Trinajstić information content (AvgIpc) is 3.02. The first kappa shape index (κ1) is 18.5. The second-order valence-electron chi connectivity index (χ2n) is 6.00. The van der Waals surface area contributed by atoms with Crippen LogP contribution in [0, 0.1) is 0 Å². The molecule has 26 heavy (non-hydrogen) atoms. The van der Waals surface area contributed by atoms with Crippen LogP contribution < -0.4 is 10.2 Å². The molecule has 2 aromatic rings. The number of carbonyl (C=O) groups excluding carboxylic acids is 2. The summed E-state index contributed by atoms with van der Waals surface area (Å²) in [4.78, 5) is 25.6. The maximum absolute atomic E-state index is 12.0. The van der Waals surface area contributed by atoms with Gasteiger partial charge in [-0.3, -0.25) is 9.69 Å². The molecule has 5 nitrogen and oxygen atoms in total. The number of amides is 2. The monoisotopic (exact) mass is 392 g/mol. The lowest BCUT2D eigenvalue weighted by Gasteiger charge is -2.12. The van der Waals surface area contributed by atoms with Crippen molar-refractivity contribution in [2.24, 2.45) is 0 Å². The van der Waals surface area contributed by atoms with Gasteiger partial charge >= 0.3 is 6.09 Å². The number of anilines is 1. The minimum atomic E-state index is -0.397. The van der Waals surface area contributed by atoms with E-state index in [1.165, 1.54) is 0 Å². The SMILES string of the molecule is O=C(CCc1ccc(Cl)c(Cl)c1)NCC1CN(c2ccccc2)C(=O)O1. The van der Waals surface area contributed by atoms with E-state index in [1.54, 1.807) is 17.0 Å². The van der Waals surface area contributed by atoms with Gasteiger partial charge in [0.2, 0.25) is 5.91 Å². The number of para-hydroxylation sites is 1. The molecule has 7 heteroatoms. The van der Waals surface area contributed by atoms with Crippen molar-refractivity contribution in [3.63, 3.8) is 0 Å². The first-order chi connectivity index (χ1) is 12.5. The molecule has 0 aromatic heterocycles. The van der Waals surface area contributed by atoms with Crippen LogP contribution >= 0.6 is 23.2 Å². The van der Waals surface area contributed by atoms with Crippen LogP contribution in [-0.2, 0) is 16.0 Å². The van der Waals surface area contributed by atoms with Gasteiger partial charge in [0.05, 0.1) is 23.1 Å². The Kier molecular flexibility index (Phi) is 6.01. The molecular weight excluding hydrogens is 375 g/mol. The van der Waals surface area contributed by atoms with Gasteiger partial charge in [-0.1, -0.05) is 47.5 Å². The molecule has 0 saturated carbocycles. The number of carbonyl (C=O) groups is 2. The van der Waals surface area contributed by atoms with Crippen LogP contribution in [0.2, 0.25) is 10.0 Å². The number of hydrogen-bond donors (Lipinski definition) is 1. The van der Waals surface area contributed by atoms with Crippen LogP contribution in [0.4, 0.5) is 10.5 Å². The van der Waals surface area contributed by atoms with Gasteiger partial charge in [-0.2, -0.15) is 0 Å². The van der Waals surface area contributed by atoms with E-state index in [-0.39, 0.29) is 18.6 Å². The van der Waals surface area contributed by atoms with Gasteiger partial charge in [0.25, 0.3) is 0 Å². The van der Waals surface area contributed by atoms with Crippen LogP contribution in [-0.4, -0.2) is 31.2 Å². The molecule has 136 valence electrons. The maximum atomic E-state index is 12.0. The molecule has 1 saturated heterocycles. The molecule has 1 aliphatic rings. The van der Waals surface area contributed by atoms with Crippen LogP contribution in [0.3, 0.4) is 0 Å². The number of hydrogen-bond acceptors (Lipinski definition) is 3. The van der Waals surface area contributed by atoms with Gasteiger partial charge < -0.3 is 10.1 Å². The summed E-state index contributed by atoms with van der Waals surface area (Å²) in [6, 6.07) is 14.6. The molecule has 3 rings (SSSR count). The van der Waals surface area contributed by atoms with Crippen molar-refractivity contribution in [2.45, 2.75) is 18.9 Å². The van der Waals surface area contributed by atoms with Gasteiger partial charge in [-0.15, -0.1) is 0 Å². The molecule has 0 radical (unpaired) electrons. The van der Waals surface area contributed by atoms with Crippen molar-refractivity contribution in [3.05, 3.63) is 64.1 Å². The Morgan fingerprint density at radius 3 is 2.65 bits per heavy atom. The van der Waals surface area contributed by atoms with Gasteiger partial charge in [-0.05, 0) is 36.2 Å². The highest BCUT2D eigenvalue weighted by atomic mass is 35.5. The summed E-state index contributed by atoms with van der Waals surface area (Å²) in [6.45, 7) is 0.700. The fourth-order valence-corrected chi connectivity index (χ4v) is 3.04. The highest BCUT2D eigenvalue weighted by Crippen LogP contribution is 2.23. The van der Waals surface area contributed by atoms with Crippen LogP contribution in [0.5, 0.6) is 0 Å². The van der Waals surface area contributed by atoms with Crippen LogP contribution in [0.1, 0.15) is 12.0 Å². The Hall–Kier alpha value is -2.24. The first-order valence-corrected chi connectivity index (χ1v) is 9.02. The molecule has 1 aliphatic heterocycles. The molecule has 1 heterocycles. The third kappa shape index (κ3) is 4.68. The van der Waals surface area contributed by atoms with E-state index < -0.39 is 6.09 Å². The van der Waals surface area contributed by atoms with Gasteiger partial charge in [-0.25, -0.2) is 4.79 Å². The maximum Gasteiger partial charge on any atom is 0.414 e. The van der Waals surface area contributed by atoms with Crippen LogP contribution in [0.25, 0.3) is 0 Å². The summed E-state index contributed by atoms with van der Waals surface area (Å²) in [5, 5.41) is 3.78. The van der Waals surface area contributed by atoms with E-state index in [4.69, 9.17) is 27.9 Å². The zero-order chi connectivity index (χ0) is 18.5. The summed E-state index contributed by atoms with van der Waals surface area (Å²) in [5.41, 5.74) is 1.73.